The highest BCUT2D eigenvalue weighted by atomic mass is 16.5. The third kappa shape index (κ3) is 6.92. The summed E-state index contributed by atoms with van der Waals surface area (Å²) in [5.74, 6) is -1.35. The third-order valence-corrected chi connectivity index (χ3v) is 2.78. The maximum atomic E-state index is 11.6. The lowest BCUT2D eigenvalue weighted by molar-refractivity contribution is -0.157. The van der Waals surface area contributed by atoms with E-state index in [-0.39, 0.29) is 19.8 Å². The van der Waals surface area contributed by atoms with E-state index >= 15 is 0 Å². The molecule has 0 spiro atoms. The number of ether oxygens (including phenoxy) is 2. The Hall–Kier alpha value is -1.85. The maximum Gasteiger partial charge on any atom is 0.333 e. The predicted octanol–water partition coefficient (Wildman–Crippen LogP) is 1.20. The summed E-state index contributed by atoms with van der Waals surface area (Å²) < 4.78 is 9.69. The highest BCUT2D eigenvalue weighted by molar-refractivity contribution is 5.87. The Morgan fingerprint density at radius 2 is 1.80 bits per heavy atom. The molecule has 0 fully saturated rings. The second kappa shape index (κ2) is 8.35. The zero-order valence-electron chi connectivity index (χ0n) is 12.6. The minimum Gasteiger partial charge on any atom is -0.460 e. The first-order chi connectivity index (χ1) is 9.20. The van der Waals surface area contributed by atoms with Gasteiger partial charge in [0.1, 0.15) is 6.61 Å². The topological polar surface area (TPSA) is 81.7 Å². The molecule has 0 aromatic rings. The fourth-order valence-corrected chi connectivity index (χ4v) is 0.979. The molecule has 0 saturated heterocycles. The van der Waals surface area contributed by atoms with E-state index in [1.807, 2.05) is 6.92 Å². The van der Waals surface area contributed by atoms with E-state index in [2.05, 4.69) is 11.9 Å². The molecule has 0 aromatic heterocycles. The van der Waals surface area contributed by atoms with E-state index in [0.717, 1.165) is 0 Å². The minimum atomic E-state index is -0.600. The van der Waals surface area contributed by atoms with Gasteiger partial charge in [-0.1, -0.05) is 13.5 Å². The Morgan fingerprint density at radius 1 is 1.20 bits per heavy atom. The molecule has 20 heavy (non-hydrogen) atoms. The van der Waals surface area contributed by atoms with Gasteiger partial charge in [0, 0.05) is 5.57 Å². The lowest BCUT2D eigenvalue weighted by Crippen LogP contribution is -2.34. The van der Waals surface area contributed by atoms with Crippen LogP contribution in [0.3, 0.4) is 0 Å². The number of amides is 1. The second-order valence-corrected chi connectivity index (χ2v) is 5.08. The van der Waals surface area contributed by atoms with Gasteiger partial charge in [0.05, 0.1) is 12.0 Å². The number of esters is 2. The van der Waals surface area contributed by atoms with Crippen LogP contribution in [0.4, 0.5) is 0 Å². The molecule has 0 aliphatic rings. The molecule has 0 unspecified atom stereocenters. The number of hydrogen-bond donors (Lipinski definition) is 1. The molecule has 0 radical (unpaired) electrons. The molecular formula is C14H23NO5. The standard InChI is InChI=1S/C14H23NO5/c1-6-14(4,5)13(18)20-9-11(16)15-7-8-19-12(17)10(2)3/h2,6-9H2,1,3-5H3,(H,15,16). The Labute approximate surface area is 119 Å². The zero-order valence-corrected chi connectivity index (χ0v) is 12.6. The highest BCUT2D eigenvalue weighted by Crippen LogP contribution is 2.21. The van der Waals surface area contributed by atoms with Crippen molar-refractivity contribution in [3.8, 4) is 0 Å². The van der Waals surface area contributed by atoms with Gasteiger partial charge in [0.25, 0.3) is 5.91 Å². The van der Waals surface area contributed by atoms with Crippen molar-refractivity contribution in [3.05, 3.63) is 12.2 Å². The minimum absolute atomic E-state index is 0.0475. The van der Waals surface area contributed by atoms with Crippen molar-refractivity contribution in [3.63, 3.8) is 0 Å². The van der Waals surface area contributed by atoms with E-state index in [1.165, 1.54) is 6.92 Å². The smallest absolute Gasteiger partial charge is 0.333 e. The predicted molar refractivity (Wildman–Crippen MR) is 73.8 cm³/mol. The van der Waals surface area contributed by atoms with Gasteiger partial charge in [-0.3, -0.25) is 9.59 Å². The normalized spacial score (nSPS) is 10.6. The number of carbonyl (C=O) groups excluding carboxylic acids is 3. The van der Waals surface area contributed by atoms with Crippen LogP contribution in [0.5, 0.6) is 0 Å². The van der Waals surface area contributed by atoms with Gasteiger partial charge in [0.15, 0.2) is 6.61 Å². The molecule has 6 nitrogen and oxygen atoms in total. The molecule has 0 bridgehead atoms. The quantitative estimate of drug-likeness (QED) is 0.412. The van der Waals surface area contributed by atoms with Crippen molar-refractivity contribution < 1.29 is 23.9 Å². The Bertz CT molecular complexity index is 387. The summed E-state index contributed by atoms with van der Waals surface area (Å²) >= 11 is 0. The SMILES string of the molecule is C=C(C)C(=O)OCCNC(=O)COC(=O)C(C)(C)CC. The summed E-state index contributed by atoms with van der Waals surface area (Å²) in [6, 6.07) is 0. The van der Waals surface area contributed by atoms with Crippen LogP contribution in [-0.4, -0.2) is 37.6 Å². The molecule has 0 saturated carbocycles. The van der Waals surface area contributed by atoms with Crippen LogP contribution in [0, 0.1) is 5.41 Å². The largest absolute Gasteiger partial charge is 0.460 e. The zero-order chi connectivity index (χ0) is 15.8. The molecule has 0 aromatic carbocycles. The van der Waals surface area contributed by atoms with Gasteiger partial charge >= 0.3 is 11.9 Å². The Balaban J connectivity index is 3.83. The number of carbonyl (C=O) groups is 3. The highest BCUT2D eigenvalue weighted by Gasteiger charge is 2.27. The van der Waals surface area contributed by atoms with Crippen LogP contribution in [0.15, 0.2) is 12.2 Å². The van der Waals surface area contributed by atoms with E-state index in [0.29, 0.717) is 12.0 Å². The van der Waals surface area contributed by atoms with E-state index in [1.54, 1.807) is 13.8 Å². The van der Waals surface area contributed by atoms with Crippen LogP contribution >= 0.6 is 0 Å². The van der Waals surface area contributed by atoms with Crippen molar-refractivity contribution in [2.45, 2.75) is 34.1 Å². The van der Waals surface area contributed by atoms with Gasteiger partial charge in [-0.15, -0.1) is 0 Å². The van der Waals surface area contributed by atoms with Gasteiger partial charge in [-0.05, 0) is 27.2 Å². The molecule has 1 N–H and O–H groups in total. The van der Waals surface area contributed by atoms with E-state index in [9.17, 15) is 14.4 Å². The lowest BCUT2D eigenvalue weighted by atomic mass is 9.91. The van der Waals surface area contributed by atoms with Crippen molar-refractivity contribution in [1.82, 2.24) is 5.32 Å². The van der Waals surface area contributed by atoms with Crippen LogP contribution < -0.4 is 5.32 Å². The first-order valence-electron chi connectivity index (χ1n) is 6.47. The average Bonchev–Trinajstić information content (AvgIpc) is 2.40. The first kappa shape index (κ1) is 18.1. The molecule has 6 heteroatoms. The lowest BCUT2D eigenvalue weighted by Gasteiger charge is -2.19. The number of hydrogen-bond acceptors (Lipinski definition) is 5. The molecule has 114 valence electrons. The summed E-state index contributed by atoms with van der Waals surface area (Å²) in [7, 11) is 0. The molecule has 0 rings (SSSR count). The summed E-state index contributed by atoms with van der Waals surface area (Å²) in [6.45, 7) is 10.2. The van der Waals surface area contributed by atoms with E-state index < -0.39 is 23.3 Å². The van der Waals surface area contributed by atoms with Crippen LogP contribution in [0.25, 0.3) is 0 Å². The summed E-state index contributed by atoms with van der Waals surface area (Å²) in [4.78, 5) is 34.1. The molecule has 0 atom stereocenters. The number of rotatable bonds is 8. The maximum absolute atomic E-state index is 11.6. The van der Waals surface area contributed by atoms with Gasteiger partial charge in [-0.25, -0.2) is 4.79 Å². The number of nitrogens with one attached hydrogen (secondary N) is 1. The van der Waals surface area contributed by atoms with Gasteiger partial charge < -0.3 is 14.8 Å². The van der Waals surface area contributed by atoms with Crippen LogP contribution in [-0.2, 0) is 23.9 Å². The van der Waals surface area contributed by atoms with E-state index in [4.69, 9.17) is 9.47 Å². The molecule has 0 heterocycles. The van der Waals surface area contributed by atoms with Crippen molar-refractivity contribution in [2.75, 3.05) is 19.8 Å². The Morgan fingerprint density at radius 3 is 2.30 bits per heavy atom. The van der Waals surface area contributed by atoms with Crippen molar-refractivity contribution in [2.24, 2.45) is 5.41 Å². The third-order valence-electron chi connectivity index (χ3n) is 2.78. The van der Waals surface area contributed by atoms with Crippen molar-refractivity contribution in [1.29, 1.82) is 0 Å². The Kier molecular flexibility index (Phi) is 7.57. The molecule has 1 amide bonds. The summed E-state index contributed by atoms with van der Waals surface area (Å²) in [5, 5.41) is 2.48. The summed E-state index contributed by atoms with van der Waals surface area (Å²) in [6.07, 6.45) is 0.629. The van der Waals surface area contributed by atoms with Crippen LogP contribution in [0.1, 0.15) is 34.1 Å². The second-order valence-electron chi connectivity index (χ2n) is 5.08. The fourth-order valence-electron chi connectivity index (χ4n) is 0.979. The van der Waals surface area contributed by atoms with Crippen molar-refractivity contribution >= 4 is 17.8 Å². The van der Waals surface area contributed by atoms with Gasteiger partial charge in [-0.2, -0.15) is 0 Å². The van der Waals surface area contributed by atoms with Gasteiger partial charge in [0.2, 0.25) is 0 Å². The average molecular weight is 285 g/mol. The monoisotopic (exact) mass is 285 g/mol. The fraction of sp³-hybridized carbons (Fsp3) is 0.643. The molecule has 0 aliphatic heterocycles. The first-order valence-corrected chi connectivity index (χ1v) is 6.47. The molecule has 0 aliphatic carbocycles. The van der Waals surface area contributed by atoms with Crippen LogP contribution in [0.2, 0.25) is 0 Å². The molecular weight excluding hydrogens is 262 g/mol. The summed E-state index contributed by atoms with van der Waals surface area (Å²) in [5.41, 5.74) is -0.302.